The number of alkyl halides is 3. The lowest BCUT2D eigenvalue weighted by Crippen LogP contribution is -2.34. The van der Waals surface area contributed by atoms with Crippen LogP contribution in [0.25, 0.3) is 11.4 Å². The van der Waals surface area contributed by atoms with E-state index in [0.29, 0.717) is 11.5 Å². The summed E-state index contributed by atoms with van der Waals surface area (Å²) < 4.78 is 40.5. The Kier molecular flexibility index (Phi) is 5.81. The number of hydrazone groups is 1. The van der Waals surface area contributed by atoms with Crippen LogP contribution in [0, 0.1) is 16.7 Å². The summed E-state index contributed by atoms with van der Waals surface area (Å²) in [4.78, 5) is 16.3. The molecule has 32 heavy (non-hydrogen) atoms. The number of fused-ring (bicyclic) bond motifs is 2. The molecule has 11 heteroatoms. The van der Waals surface area contributed by atoms with Gasteiger partial charge in [-0.1, -0.05) is 32.5 Å². The summed E-state index contributed by atoms with van der Waals surface area (Å²) in [5.74, 6) is 0.126. The summed E-state index contributed by atoms with van der Waals surface area (Å²) in [7, 11) is 0. The Labute approximate surface area is 188 Å². The van der Waals surface area contributed by atoms with Gasteiger partial charge in [-0.15, -0.1) is 10.2 Å². The molecule has 0 radical (unpaired) electrons. The van der Waals surface area contributed by atoms with Gasteiger partial charge in [0.1, 0.15) is 6.54 Å². The van der Waals surface area contributed by atoms with Crippen LogP contribution in [0.2, 0.25) is 0 Å². The second kappa shape index (κ2) is 8.17. The lowest BCUT2D eigenvalue weighted by atomic mass is 9.70. The van der Waals surface area contributed by atoms with Crippen molar-refractivity contribution in [3.63, 3.8) is 0 Å². The highest BCUT2D eigenvalue weighted by atomic mass is 32.2. The summed E-state index contributed by atoms with van der Waals surface area (Å²) in [5.41, 5.74) is 4.16. The molecule has 2 heterocycles. The fourth-order valence-corrected chi connectivity index (χ4v) is 5.55. The fourth-order valence-electron chi connectivity index (χ4n) is 4.82. The number of carbonyl (C=O) groups is 1. The molecule has 2 aromatic rings. The molecule has 0 spiro atoms. The number of aromatic nitrogens is 4. The van der Waals surface area contributed by atoms with Gasteiger partial charge < -0.3 is 0 Å². The van der Waals surface area contributed by atoms with E-state index in [1.165, 1.54) is 18.8 Å². The first-order chi connectivity index (χ1) is 15.0. The summed E-state index contributed by atoms with van der Waals surface area (Å²) in [5, 5.41) is 12.2. The Bertz CT molecular complexity index is 1040. The minimum atomic E-state index is -4.46. The molecule has 2 aliphatic carbocycles. The molecule has 2 atom stereocenters. The number of nitrogens with zero attached hydrogens (tertiary/aromatic N) is 5. The molecule has 2 aromatic heterocycles. The zero-order valence-corrected chi connectivity index (χ0v) is 18.9. The van der Waals surface area contributed by atoms with E-state index < -0.39 is 18.6 Å². The maximum Gasteiger partial charge on any atom is 0.406 e. The largest absolute Gasteiger partial charge is 0.406 e. The van der Waals surface area contributed by atoms with Gasteiger partial charge in [-0.2, -0.15) is 18.3 Å². The Morgan fingerprint density at radius 1 is 1.28 bits per heavy atom. The van der Waals surface area contributed by atoms with E-state index in [1.54, 1.807) is 12.1 Å². The van der Waals surface area contributed by atoms with Gasteiger partial charge in [0.05, 0.1) is 5.75 Å². The van der Waals surface area contributed by atoms with E-state index in [2.05, 4.69) is 46.5 Å². The van der Waals surface area contributed by atoms with E-state index >= 15 is 0 Å². The van der Waals surface area contributed by atoms with E-state index in [-0.39, 0.29) is 27.6 Å². The van der Waals surface area contributed by atoms with Crippen molar-refractivity contribution in [3.05, 3.63) is 24.5 Å². The minimum absolute atomic E-state index is 0.0185. The first kappa shape index (κ1) is 22.8. The molecule has 0 aliphatic heterocycles. The van der Waals surface area contributed by atoms with Crippen LogP contribution in [-0.4, -0.2) is 43.3 Å². The highest BCUT2D eigenvalue weighted by molar-refractivity contribution is 7.99. The van der Waals surface area contributed by atoms with Crippen molar-refractivity contribution in [1.82, 2.24) is 25.2 Å². The van der Waals surface area contributed by atoms with Crippen LogP contribution in [0.5, 0.6) is 0 Å². The Morgan fingerprint density at radius 3 is 2.59 bits per heavy atom. The van der Waals surface area contributed by atoms with Crippen molar-refractivity contribution in [1.29, 1.82) is 0 Å². The minimum Gasteiger partial charge on any atom is -0.293 e. The van der Waals surface area contributed by atoms with Crippen LogP contribution in [0.15, 0.2) is 34.8 Å². The SMILES string of the molecule is CC12CCC(C/C1=N\NC(=O)CSc1nnc(-c3ccncc3)n1CC(F)(F)F)C2(C)C. The van der Waals surface area contributed by atoms with Crippen LogP contribution in [0.1, 0.15) is 40.0 Å². The van der Waals surface area contributed by atoms with Gasteiger partial charge in [0.25, 0.3) is 5.91 Å². The summed E-state index contributed by atoms with van der Waals surface area (Å²) >= 11 is 0.900. The lowest BCUT2D eigenvalue weighted by Gasteiger charge is -2.34. The molecule has 4 rings (SSSR count). The predicted octanol–water partition coefficient (Wildman–Crippen LogP) is 4.31. The zero-order valence-electron chi connectivity index (χ0n) is 18.1. The van der Waals surface area contributed by atoms with Crippen molar-refractivity contribution >= 4 is 23.4 Å². The zero-order chi connectivity index (χ0) is 23.1. The average Bonchev–Trinajstić information content (AvgIpc) is 3.28. The molecule has 0 saturated heterocycles. The van der Waals surface area contributed by atoms with Crippen molar-refractivity contribution in [3.8, 4) is 11.4 Å². The van der Waals surface area contributed by atoms with E-state index in [1.807, 2.05) is 0 Å². The van der Waals surface area contributed by atoms with Crippen LogP contribution >= 0.6 is 11.8 Å². The fraction of sp³-hybridized carbons (Fsp3) is 0.571. The predicted molar refractivity (Wildman–Crippen MR) is 115 cm³/mol. The summed E-state index contributed by atoms with van der Waals surface area (Å²) in [6.07, 6.45) is 1.56. The second-order valence-corrected chi connectivity index (χ2v) is 10.1. The smallest absolute Gasteiger partial charge is 0.293 e. The van der Waals surface area contributed by atoms with Gasteiger partial charge in [-0.3, -0.25) is 14.3 Å². The third-order valence-electron chi connectivity index (χ3n) is 7.15. The molecule has 2 aliphatic rings. The number of halogens is 3. The van der Waals surface area contributed by atoms with Crippen molar-refractivity contribution < 1.29 is 18.0 Å². The first-order valence-electron chi connectivity index (χ1n) is 10.4. The standard InChI is InChI=1S/C21H25F3N6OS/c1-19(2)14-4-7-20(19,3)15(10-14)26-27-16(31)11-32-18-29-28-17(13-5-8-25-9-6-13)30(18)12-21(22,23)24/h5-6,8-9,14H,4,7,10-12H2,1-3H3,(H,27,31)/b26-15+. The third kappa shape index (κ3) is 4.14. The second-order valence-electron chi connectivity index (χ2n) is 9.12. The van der Waals surface area contributed by atoms with E-state index in [0.717, 1.165) is 34.9 Å². The van der Waals surface area contributed by atoms with Gasteiger partial charge in [0, 0.05) is 29.1 Å². The number of nitrogens with one attached hydrogen (secondary N) is 1. The summed E-state index contributed by atoms with van der Waals surface area (Å²) in [6, 6.07) is 3.12. The normalized spacial score (nSPS) is 25.4. The summed E-state index contributed by atoms with van der Waals surface area (Å²) in [6.45, 7) is 5.44. The third-order valence-corrected chi connectivity index (χ3v) is 8.12. The monoisotopic (exact) mass is 466 g/mol. The maximum absolute atomic E-state index is 13.2. The number of pyridine rings is 1. The molecular formula is C21H25F3N6OS. The van der Waals surface area contributed by atoms with Gasteiger partial charge in [-0.05, 0) is 42.7 Å². The number of thioether (sulfide) groups is 1. The Balaban J connectivity index is 1.45. The first-order valence-corrected chi connectivity index (χ1v) is 11.4. The highest BCUT2D eigenvalue weighted by Crippen LogP contribution is 2.63. The molecule has 2 fully saturated rings. The number of hydrogen-bond acceptors (Lipinski definition) is 6. The van der Waals surface area contributed by atoms with Crippen molar-refractivity contribution in [2.75, 3.05) is 5.75 Å². The highest BCUT2D eigenvalue weighted by Gasteiger charge is 2.60. The van der Waals surface area contributed by atoms with Crippen LogP contribution in [0.3, 0.4) is 0 Å². The van der Waals surface area contributed by atoms with Gasteiger partial charge in [0.2, 0.25) is 0 Å². The number of amides is 1. The topological polar surface area (TPSA) is 85.1 Å². The molecule has 7 nitrogen and oxygen atoms in total. The number of rotatable bonds is 6. The quantitative estimate of drug-likeness (QED) is 0.507. The van der Waals surface area contributed by atoms with Crippen LogP contribution in [-0.2, 0) is 11.3 Å². The van der Waals surface area contributed by atoms with Crippen molar-refractivity contribution in [2.24, 2.45) is 21.8 Å². The molecule has 0 aromatic carbocycles. The van der Waals surface area contributed by atoms with Gasteiger partial charge in [-0.25, -0.2) is 5.43 Å². The van der Waals surface area contributed by atoms with Gasteiger partial charge >= 0.3 is 6.18 Å². The van der Waals surface area contributed by atoms with Crippen LogP contribution in [0.4, 0.5) is 13.2 Å². The Morgan fingerprint density at radius 2 is 2.00 bits per heavy atom. The maximum atomic E-state index is 13.2. The molecule has 172 valence electrons. The Hall–Kier alpha value is -2.43. The van der Waals surface area contributed by atoms with Crippen LogP contribution < -0.4 is 5.43 Å². The lowest BCUT2D eigenvalue weighted by molar-refractivity contribution is -0.141. The molecule has 2 unspecified atom stereocenters. The molecular weight excluding hydrogens is 441 g/mol. The molecule has 2 saturated carbocycles. The average molecular weight is 467 g/mol. The molecule has 1 N–H and O–H groups in total. The van der Waals surface area contributed by atoms with E-state index in [4.69, 9.17) is 0 Å². The van der Waals surface area contributed by atoms with E-state index in [9.17, 15) is 18.0 Å². The van der Waals surface area contributed by atoms with Crippen molar-refractivity contribution in [2.45, 2.75) is 57.9 Å². The molecule has 1 amide bonds. The molecule has 2 bridgehead atoms. The number of carbonyl (C=O) groups excluding carboxylic acids is 1. The van der Waals surface area contributed by atoms with Gasteiger partial charge in [0.15, 0.2) is 11.0 Å². The number of hydrogen-bond donors (Lipinski definition) is 1.